The van der Waals surface area contributed by atoms with Crippen molar-refractivity contribution in [3.8, 4) is 0 Å². The summed E-state index contributed by atoms with van der Waals surface area (Å²) in [6.07, 6.45) is 1.64. The molecule has 1 atom stereocenters. The Morgan fingerprint density at radius 2 is 2.10 bits per heavy atom. The molecule has 7 nitrogen and oxygen atoms in total. The van der Waals surface area contributed by atoms with Crippen LogP contribution in [0.25, 0.3) is 0 Å². The van der Waals surface area contributed by atoms with Gasteiger partial charge in [0.25, 0.3) is 5.91 Å². The zero-order valence-electron chi connectivity index (χ0n) is 12.1. The summed E-state index contributed by atoms with van der Waals surface area (Å²) in [5.41, 5.74) is 6.35. The van der Waals surface area contributed by atoms with E-state index in [0.717, 1.165) is 6.42 Å². The number of carbonyl (C=O) groups excluding carboxylic acids is 1. The van der Waals surface area contributed by atoms with E-state index in [4.69, 9.17) is 10.8 Å². The van der Waals surface area contributed by atoms with Crippen LogP contribution >= 0.6 is 0 Å². The van der Waals surface area contributed by atoms with Crippen molar-refractivity contribution < 1.29 is 14.7 Å². The summed E-state index contributed by atoms with van der Waals surface area (Å²) in [6, 6.07) is 0. The Balaban J connectivity index is 2.54. The van der Waals surface area contributed by atoms with Crippen molar-refractivity contribution in [1.29, 1.82) is 0 Å². The van der Waals surface area contributed by atoms with E-state index in [2.05, 4.69) is 10.4 Å². The molecule has 0 radical (unpaired) electrons. The van der Waals surface area contributed by atoms with Crippen LogP contribution in [0.1, 0.15) is 42.2 Å². The summed E-state index contributed by atoms with van der Waals surface area (Å²) in [6.45, 7) is 4.38. The largest absolute Gasteiger partial charge is 0.481 e. The average molecular weight is 282 g/mol. The molecule has 0 bridgehead atoms. The fourth-order valence-corrected chi connectivity index (χ4v) is 2.11. The van der Waals surface area contributed by atoms with Gasteiger partial charge in [-0.25, -0.2) is 0 Å². The standard InChI is InChI=1S/C13H22N4O3/c1-8(4-5-10(18)19)6-7-15-13-11(12(14)20)9(2)16-17(13)3/h8,15H,4-7H2,1-3H3,(H2,14,20)(H,18,19). The first kappa shape index (κ1) is 16.0. The highest BCUT2D eigenvalue weighted by Gasteiger charge is 2.17. The molecule has 1 rings (SSSR count). The van der Waals surface area contributed by atoms with Gasteiger partial charge in [0.05, 0.1) is 5.69 Å². The number of nitrogens with one attached hydrogen (secondary N) is 1. The van der Waals surface area contributed by atoms with Crippen molar-refractivity contribution in [3.05, 3.63) is 11.3 Å². The monoisotopic (exact) mass is 282 g/mol. The third-order valence-corrected chi connectivity index (χ3v) is 3.25. The Morgan fingerprint density at radius 3 is 2.65 bits per heavy atom. The molecule has 112 valence electrons. The molecule has 1 heterocycles. The molecule has 20 heavy (non-hydrogen) atoms. The Morgan fingerprint density at radius 1 is 1.45 bits per heavy atom. The first-order chi connectivity index (χ1) is 9.32. The molecule has 0 saturated heterocycles. The summed E-state index contributed by atoms with van der Waals surface area (Å²) in [5.74, 6) is -0.370. The number of aromatic nitrogens is 2. The number of carboxylic acids is 1. The van der Waals surface area contributed by atoms with Crippen molar-refractivity contribution in [2.75, 3.05) is 11.9 Å². The summed E-state index contributed by atoms with van der Waals surface area (Å²) < 4.78 is 1.59. The molecular weight excluding hydrogens is 260 g/mol. The summed E-state index contributed by atoms with van der Waals surface area (Å²) >= 11 is 0. The molecule has 0 aromatic carbocycles. The van der Waals surface area contributed by atoms with Crippen LogP contribution in [0.15, 0.2) is 0 Å². The van der Waals surface area contributed by atoms with Gasteiger partial charge in [-0.3, -0.25) is 14.3 Å². The van der Waals surface area contributed by atoms with E-state index < -0.39 is 11.9 Å². The maximum absolute atomic E-state index is 11.4. The zero-order chi connectivity index (χ0) is 15.3. The highest BCUT2D eigenvalue weighted by atomic mass is 16.4. The smallest absolute Gasteiger partial charge is 0.303 e. The molecule has 4 N–H and O–H groups in total. The lowest BCUT2D eigenvalue weighted by molar-refractivity contribution is -0.137. The number of aryl methyl sites for hydroxylation is 2. The molecule has 0 aliphatic rings. The van der Waals surface area contributed by atoms with E-state index in [1.807, 2.05) is 6.92 Å². The van der Waals surface area contributed by atoms with Crippen LogP contribution in [0.4, 0.5) is 5.82 Å². The van der Waals surface area contributed by atoms with Crippen LogP contribution in [0.3, 0.4) is 0 Å². The van der Waals surface area contributed by atoms with Gasteiger partial charge >= 0.3 is 5.97 Å². The van der Waals surface area contributed by atoms with Crippen molar-refractivity contribution in [3.63, 3.8) is 0 Å². The Hall–Kier alpha value is -2.05. The van der Waals surface area contributed by atoms with Gasteiger partial charge in [0.2, 0.25) is 0 Å². The number of hydrogen-bond acceptors (Lipinski definition) is 4. The number of carboxylic acid groups (broad SMARTS) is 1. The van der Waals surface area contributed by atoms with Crippen molar-refractivity contribution in [2.24, 2.45) is 18.7 Å². The van der Waals surface area contributed by atoms with Gasteiger partial charge in [0.1, 0.15) is 11.4 Å². The molecule has 0 aliphatic carbocycles. The van der Waals surface area contributed by atoms with Gasteiger partial charge in [0.15, 0.2) is 0 Å². The second-order valence-corrected chi connectivity index (χ2v) is 5.05. The van der Waals surface area contributed by atoms with E-state index in [1.165, 1.54) is 0 Å². The summed E-state index contributed by atoms with van der Waals surface area (Å²) in [5, 5.41) is 15.9. The summed E-state index contributed by atoms with van der Waals surface area (Å²) in [7, 11) is 1.75. The number of aliphatic carboxylic acids is 1. The molecule has 0 aliphatic heterocycles. The quantitative estimate of drug-likeness (QED) is 0.662. The molecule has 1 unspecified atom stereocenters. The fourth-order valence-electron chi connectivity index (χ4n) is 2.11. The Kier molecular flexibility index (Phi) is 5.54. The lowest BCUT2D eigenvalue weighted by Gasteiger charge is -2.12. The fraction of sp³-hybridized carbons (Fsp3) is 0.615. The van der Waals surface area contributed by atoms with Crippen LogP contribution in [0.5, 0.6) is 0 Å². The van der Waals surface area contributed by atoms with E-state index in [0.29, 0.717) is 36.0 Å². The lowest BCUT2D eigenvalue weighted by Crippen LogP contribution is -2.17. The number of primary amides is 1. The van der Waals surface area contributed by atoms with Crippen LogP contribution in [-0.2, 0) is 11.8 Å². The molecule has 1 aromatic heterocycles. The lowest BCUT2D eigenvalue weighted by atomic mass is 10.0. The second-order valence-electron chi connectivity index (χ2n) is 5.05. The number of rotatable bonds is 8. The molecular formula is C13H22N4O3. The van der Waals surface area contributed by atoms with Crippen LogP contribution in [0, 0.1) is 12.8 Å². The third-order valence-electron chi connectivity index (χ3n) is 3.25. The molecule has 1 amide bonds. The SMILES string of the molecule is Cc1nn(C)c(NCCC(C)CCC(=O)O)c1C(N)=O. The number of anilines is 1. The van der Waals surface area contributed by atoms with Crippen molar-refractivity contribution >= 4 is 17.7 Å². The maximum atomic E-state index is 11.4. The van der Waals surface area contributed by atoms with E-state index in [-0.39, 0.29) is 6.42 Å². The Bertz CT molecular complexity index is 496. The van der Waals surface area contributed by atoms with Gasteiger partial charge < -0.3 is 16.2 Å². The third kappa shape index (κ3) is 4.25. The predicted octanol–water partition coefficient (Wildman–Crippen LogP) is 1.13. The van der Waals surface area contributed by atoms with Crippen LogP contribution in [-0.4, -0.2) is 33.3 Å². The molecule has 0 fully saturated rings. The first-order valence-corrected chi connectivity index (χ1v) is 6.62. The van der Waals surface area contributed by atoms with Gasteiger partial charge in [-0.05, 0) is 25.7 Å². The minimum absolute atomic E-state index is 0.179. The second kappa shape index (κ2) is 6.93. The van der Waals surface area contributed by atoms with Crippen LogP contribution < -0.4 is 11.1 Å². The number of nitrogens with two attached hydrogens (primary N) is 1. The molecule has 1 aromatic rings. The number of carbonyl (C=O) groups is 2. The van der Waals surface area contributed by atoms with Crippen molar-refractivity contribution in [2.45, 2.75) is 33.1 Å². The van der Waals surface area contributed by atoms with Gasteiger partial charge in [0, 0.05) is 20.0 Å². The minimum Gasteiger partial charge on any atom is -0.481 e. The van der Waals surface area contributed by atoms with Gasteiger partial charge in [-0.1, -0.05) is 6.92 Å². The highest BCUT2D eigenvalue weighted by Crippen LogP contribution is 2.19. The summed E-state index contributed by atoms with van der Waals surface area (Å²) in [4.78, 5) is 21.9. The average Bonchev–Trinajstić information content (AvgIpc) is 2.61. The maximum Gasteiger partial charge on any atom is 0.303 e. The predicted molar refractivity (Wildman–Crippen MR) is 75.6 cm³/mol. The number of hydrogen-bond donors (Lipinski definition) is 3. The zero-order valence-corrected chi connectivity index (χ0v) is 12.1. The number of nitrogens with zero attached hydrogens (tertiary/aromatic N) is 2. The molecule has 0 saturated carbocycles. The minimum atomic E-state index is -0.775. The van der Waals surface area contributed by atoms with Crippen LogP contribution in [0.2, 0.25) is 0 Å². The highest BCUT2D eigenvalue weighted by molar-refractivity contribution is 5.98. The van der Waals surface area contributed by atoms with Gasteiger partial charge in [-0.15, -0.1) is 0 Å². The van der Waals surface area contributed by atoms with E-state index in [9.17, 15) is 9.59 Å². The Labute approximate surface area is 118 Å². The number of amides is 1. The topological polar surface area (TPSA) is 110 Å². The van der Waals surface area contributed by atoms with E-state index in [1.54, 1.807) is 18.7 Å². The first-order valence-electron chi connectivity index (χ1n) is 6.62. The van der Waals surface area contributed by atoms with Crippen molar-refractivity contribution in [1.82, 2.24) is 9.78 Å². The molecule has 0 spiro atoms. The normalized spacial score (nSPS) is 12.2. The molecule has 7 heteroatoms. The van der Waals surface area contributed by atoms with Gasteiger partial charge in [-0.2, -0.15) is 5.10 Å². The van der Waals surface area contributed by atoms with E-state index >= 15 is 0 Å².